The molecule has 0 fully saturated rings. The Morgan fingerprint density at radius 2 is 2.09 bits per heavy atom. The molecule has 0 unspecified atom stereocenters. The van der Waals surface area contributed by atoms with E-state index in [1.807, 2.05) is 6.07 Å². The van der Waals surface area contributed by atoms with Crippen molar-refractivity contribution in [3.05, 3.63) is 65.0 Å². The number of aromatic nitrogens is 4. The molecule has 9 nitrogen and oxygen atoms in total. The molecule has 3 heterocycles. The standard InChI is InChI=1S/C23H22FN7O2/c1-33-23-28-18-15(19(25)32)7-3-9-17(18)31(23)22-29-20-16(8-4-10-26-20)21(30-22)27-12-13-5-2-6-14(24)11-13/h2-3,5-7,9,11H,4,8,10,12H2,1H3,(H2,25,32)(H2,26,27,29,30). The molecule has 2 aromatic carbocycles. The molecule has 1 amide bonds. The van der Waals surface area contributed by atoms with Crippen LogP contribution in [0.25, 0.3) is 17.0 Å². The van der Waals surface area contributed by atoms with Gasteiger partial charge in [0, 0.05) is 18.7 Å². The highest BCUT2D eigenvalue weighted by molar-refractivity contribution is 6.04. The topological polar surface area (TPSA) is 120 Å². The molecule has 0 atom stereocenters. The first-order valence-corrected chi connectivity index (χ1v) is 10.5. The van der Waals surface area contributed by atoms with Crippen LogP contribution in [0.15, 0.2) is 42.5 Å². The third kappa shape index (κ3) is 3.79. The van der Waals surface area contributed by atoms with Crippen molar-refractivity contribution in [2.45, 2.75) is 19.4 Å². The lowest BCUT2D eigenvalue weighted by atomic mass is 10.1. The number of para-hydroxylation sites is 1. The zero-order valence-corrected chi connectivity index (χ0v) is 17.9. The molecule has 0 saturated carbocycles. The van der Waals surface area contributed by atoms with Gasteiger partial charge < -0.3 is 21.1 Å². The third-order valence-electron chi connectivity index (χ3n) is 5.54. The molecule has 4 N–H and O–H groups in total. The van der Waals surface area contributed by atoms with Crippen molar-refractivity contribution >= 4 is 28.6 Å². The quantitative estimate of drug-likeness (QED) is 0.416. The summed E-state index contributed by atoms with van der Waals surface area (Å²) < 4.78 is 20.7. The molecule has 2 aromatic heterocycles. The van der Waals surface area contributed by atoms with Crippen LogP contribution >= 0.6 is 0 Å². The van der Waals surface area contributed by atoms with Gasteiger partial charge in [-0.15, -0.1) is 0 Å². The van der Waals surface area contributed by atoms with Gasteiger partial charge in [0.1, 0.15) is 23.0 Å². The summed E-state index contributed by atoms with van der Waals surface area (Å²) in [4.78, 5) is 25.8. The van der Waals surface area contributed by atoms with Gasteiger partial charge in [-0.25, -0.2) is 8.96 Å². The molecular weight excluding hydrogens is 425 g/mol. The minimum absolute atomic E-state index is 0.227. The summed E-state index contributed by atoms with van der Waals surface area (Å²) >= 11 is 0. The van der Waals surface area contributed by atoms with Crippen molar-refractivity contribution in [2.75, 3.05) is 24.3 Å². The number of nitrogens with zero attached hydrogens (tertiary/aromatic N) is 4. The van der Waals surface area contributed by atoms with E-state index in [-0.39, 0.29) is 17.4 Å². The average molecular weight is 447 g/mol. The van der Waals surface area contributed by atoms with E-state index in [1.54, 1.807) is 28.8 Å². The number of ether oxygens (including phenoxy) is 1. The third-order valence-corrected chi connectivity index (χ3v) is 5.54. The Balaban J connectivity index is 1.63. The van der Waals surface area contributed by atoms with Crippen LogP contribution in [0.1, 0.15) is 27.9 Å². The number of rotatable bonds is 6. The molecular formula is C23H22FN7O2. The molecule has 1 aliphatic heterocycles. The SMILES string of the molecule is COc1nc2c(C(N)=O)cccc2n1-c1nc2c(c(NCc3cccc(F)c3)n1)CCCN2. The molecule has 33 heavy (non-hydrogen) atoms. The predicted molar refractivity (Wildman–Crippen MR) is 122 cm³/mol. The predicted octanol–water partition coefficient (Wildman–Crippen LogP) is 3.03. The van der Waals surface area contributed by atoms with Crippen LogP contribution in [-0.2, 0) is 13.0 Å². The molecule has 0 bridgehead atoms. The second kappa shape index (κ2) is 8.38. The van der Waals surface area contributed by atoms with E-state index in [9.17, 15) is 9.18 Å². The first kappa shape index (κ1) is 20.7. The van der Waals surface area contributed by atoms with Crippen molar-refractivity contribution in [2.24, 2.45) is 5.73 Å². The van der Waals surface area contributed by atoms with E-state index in [0.717, 1.165) is 30.5 Å². The molecule has 168 valence electrons. The van der Waals surface area contributed by atoms with E-state index in [4.69, 9.17) is 20.4 Å². The van der Waals surface area contributed by atoms with Crippen molar-refractivity contribution in [3.63, 3.8) is 0 Å². The fourth-order valence-corrected chi connectivity index (χ4v) is 4.01. The minimum Gasteiger partial charge on any atom is -0.468 e. The Hall–Kier alpha value is -4.21. The summed E-state index contributed by atoms with van der Waals surface area (Å²) in [6, 6.07) is 11.8. The van der Waals surface area contributed by atoms with Crippen molar-refractivity contribution < 1.29 is 13.9 Å². The monoisotopic (exact) mass is 447 g/mol. The molecule has 0 saturated heterocycles. The molecule has 5 rings (SSSR count). The average Bonchev–Trinajstić information content (AvgIpc) is 3.21. The number of nitrogens with two attached hydrogens (primary N) is 1. The van der Waals surface area contributed by atoms with E-state index < -0.39 is 5.91 Å². The van der Waals surface area contributed by atoms with E-state index in [2.05, 4.69) is 15.6 Å². The lowest BCUT2D eigenvalue weighted by Crippen LogP contribution is -2.19. The Kier molecular flexibility index (Phi) is 5.25. The van der Waals surface area contributed by atoms with Gasteiger partial charge in [0.25, 0.3) is 5.91 Å². The Labute approximate surface area is 188 Å². The number of anilines is 2. The molecule has 10 heteroatoms. The smallest absolute Gasteiger partial charge is 0.304 e. The van der Waals surface area contributed by atoms with Crippen LogP contribution in [0.2, 0.25) is 0 Å². The number of carbonyl (C=O) groups is 1. The summed E-state index contributed by atoms with van der Waals surface area (Å²) in [6.45, 7) is 1.19. The van der Waals surface area contributed by atoms with Crippen LogP contribution in [0.5, 0.6) is 6.01 Å². The summed E-state index contributed by atoms with van der Waals surface area (Å²) in [6.07, 6.45) is 1.76. The number of imidazole rings is 1. The molecule has 0 aliphatic carbocycles. The van der Waals surface area contributed by atoms with Crippen LogP contribution in [0, 0.1) is 5.82 Å². The maximum absolute atomic E-state index is 13.6. The summed E-state index contributed by atoms with van der Waals surface area (Å²) in [5.41, 5.74) is 8.57. The lowest BCUT2D eigenvalue weighted by Gasteiger charge is -2.21. The number of primary amides is 1. The molecule has 0 spiro atoms. The van der Waals surface area contributed by atoms with E-state index in [0.29, 0.717) is 35.2 Å². The summed E-state index contributed by atoms with van der Waals surface area (Å²) in [5, 5.41) is 6.66. The zero-order valence-electron chi connectivity index (χ0n) is 17.9. The summed E-state index contributed by atoms with van der Waals surface area (Å²) in [7, 11) is 1.49. The number of hydrogen-bond acceptors (Lipinski definition) is 7. The van der Waals surface area contributed by atoms with Crippen molar-refractivity contribution in [1.29, 1.82) is 0 Å². The normalized spacial score (nSPS) is 12.8. The maximum Gasteiger partial charge on any atom is 0.304 e. The van der Waals surface area contributed by atoms with E-state index in [1.165, 1.54) is 19.2 Å². The Morgan fingerprint density at radius 3 is 2.88 bits per heavy atom. The van der Waals surface area contributed by atoms with Gasteiger partial charge in [-0.05, 0) is 42.7 Å². The van der Waals surface area contributed by atoms with Gasteiger partial charge in [-0.3, -0.25) is 4.79 Å². The molecule has 4 aromatic rings. The fraction of sp³-hybridized carbons (Fsp3) is 0.217. The Morgan fingerprint density at radius 1 is 1.24 bits per heavy atom. The highest BCUT2D eigenvalue weighted by atomic mass is 19.1. The number of fused-ring (bicyclic) bond motifs is 2. The lowest BCUT2D eigenvalue weighted by molar-refractivity contribution is 0.100. The van der Waals surface area contributed by atoms with E-state index >= 15 is 0 Å². The number of methoxy groups -OCH3 is 1. The number of halogens is 1. The second-order valence-electron chi connectivity index (χ2n) is 7.68. The zero-order chi connectivity index (χ0) is 22.9. The van der Waals surface area contributed by atoms with Gasteiger partial charge in [-0.2, -0.15) is 15.0 Å². The minimum atomic E-state index is -0.585. The second-order valence-corrected chi connectivity index (χ2v) is 7.68. The van der Waals surface area contributed by atoms with Crippen LogP contribution in [-0.4, -0.2) is 39.1 Å². The largest absolute Gasteiger partial charge is 0.468 e. The van der Waals surface area contributed by atoms with Crippen LogP contribution in [0.3, 0.4) is 0 Å². The maximum atomic E-state index is 13.6. The van der Waals surface area contributed by atoms with Gasteiger partial charge in [0.2, 0.25) is 5.95 Å². The van der Waals surface area contributed by atoms with Crippen LogP contribution in [0.4, 0.5) is 16.0 Å². The number of hydrogen-bond donors (Lipinski definition) is 3. The molecule has 0 radical (unpaired) electrons. The van der Waals surface area contributed by atoms with Crippen LogP contribution < -0.4 is 21.1 Å². The first-order valence-electron chi connectivity index (χ1n) is 10.5. The number of carbonyl (C=O) groups excluding carboxylic acids is 1. The number of benzene rings is 2. The number of nitrogens with one attached hydrogen (secondary N) is 2. The van der Waals surface area contributed by atoms with Crippen molar-refractivity contribution in [3.8, 4) is 12.0 Å². The Bertz CT molecular complexity index is 1370. The highest BCUT2D eigenvalue weighted by Gasteiger charge is 2.23. The number of amides is 1. The van der Waals surface area contributed by atoms with Gasteiger partial charge >= 0.3 is 6.01 Å². The first-order chi connectivity index (χ1) is 16.0. The van der Waals surface area contributed by atoms with Gasteiger partial charge in [0.05, 0.1) is 18.2 Å². The van der Waals surface area contributed by atoms with Gasteiger partial charge in [-0.1, -0.05) is 18.2 Å². The van der Waals surface area contributed by atoms with Crippen molar-refractivity contribution in [1.82, 2.24) is 19.5 Å². The highest BCUT2D eigenvalue weighted by Crippen LogP contribution is 2.32. The fourth-order valence-electron chi connectivity index (χ4n) is 4.01. The summed E-state index contributed by atoms with van der Waals surface area (Å²) in [5.74, 6) is 0.801. The molecule has 1 aliphatic rings. The van der Waals surface area contributed by atoms with Gasteiger partial charge in [0.15, 0.2) is 0 Å².